The summed E-state index contributed by atoms with van der Waals surface area (Å²) in [5.41, 5.74) is 6.60. The third-order valence-corrected chi connectivity index (χ3v) is 3.08. The fourth-order valence-electron chi connectivity index (χ4n) is 2.04. The van der Waals surface area contributed by atoms with Crippen molar-refractivity contribution in [2.75, 3.05) is 50.4 Å². The summed E-state index contributed by atoms with van der Waals surface area (Å²) in [5, 5.41) is 12.2. The Kier molecular flexibility index (Phi) is 4.95. The zero-order valence-corrected chi connectivity index (χ0v) is 10.9. The highest BCUT2D eigenvalue weighted by molar-refractivity contribution is 5.57. The molecule has 0 unspecified atom stereocenters. The molecule has 2 heterocycles. The van der Waals surface area contributed by atoms with Crippen LogP contribution in [0.5, 0.6) is 0 Å². The van der Waals surface area contributed by atoms with Crippen LogP contribution in [0.3, 0.4) is 0 Å². The standard InChI is InChI=1S/C13H19N5O/c14-9-11-8-12(15)10-17-13(11)16-2-1-3-18-4-6-19-7-5-18/h8,10H,1-7,15H2,(H,16,17). The van der Waals surface area contributed by atoms with Crippen molar-refractivity contribution in [1.29, 1.82) is 5.26 Å². The molecule has 1 fully saturated rings. The van der Waals surface area contributed by atoms with Gasteiger partial charge in [0.05, 0.1) is 30.7 Å². The highest BCUT2D eigenvalue weighted by Crippen LogP contribution is 2.14. The summed E-state index contributed by atoms with van der Waals surface area (Å²) in [5.74, 6) is 0.610. The monoisotopic (exact) mass is 261 g/mol. The average molecular weight is 261 g/mol. The third kappa shape index (κ3) is 4.09. The van der Waals surface area contributed by atoms with E-state index in [1.807, 2.05) is 0 Å². The third-order valence-electron chi connectivity index (χ3n) is 3.08. The maximum absolute atomic E-state index is 9.00. The van der Waals surface area contributed by atoms with Gasteiger partial charge in [0.2, 0.25) is 0 Å². The van der Waals surface area contributed by atoms with Crippen LogP contribution in [0.15, 0.2) is 12.3 Å². The van der Waals surface area contributed by atoms with Crippen molar-refractivity contribution in [2.24, 2.45) is 0 Å². The van der Waals surface area contributed by atoms with E-state index in [4.69, 9.17) is 15.7 Å². The molecule has 0 bridgehead atoms. The van der Waals surface area contributed by atoms with E-state index in [1.165, 1.54) is 0 Å². The largest absolute Gasteiger partial charge is 0.397 e. The lowest BCUT2D eigenvalue weighted by Crippen LogP contribution is -2.37. The van der Waals surface area contributed by atoms with Gasteiger partial charge in [0.25, 0.3) is 0 Å². The highest BCUT2D eigenvalue weighted by atomic mass is 16.5. The van der Waals surface area contributed by atoms with Gasteiger partial charge >= 0.3 is 0 Å². The van der Waals surface area contributed by atoms with Gasteiger partial charge in [-0.25, -0.2) is 4.98 Å². The number of ether oxygens (including phenoxy) is 1. The van der Waals surface area contributed by atoms with Crippen LogP contribution in [0.4, 0.5) is 11.5 Å². The lowest BCUT2D eigenvalue weighted by Gasteiger charge is -2.26. The van der Waals surface area contributed by atoms with Gasteiger partial charge in [-0.05, 0) is 19.0 Å². The van der Waals surface area contributed by atoms with E-state index in [-0.39, 0.29) is 0 Å². The van der Waals surface area contributed by atoms with Crippen LogP contribution in [0.1, 0.15) is 12.0 Å². The first kappa shape index (κ1) is 13.6. The number of nitriles is 1. The smallest absolute Gasteiger partial charge is 0.144 e. The second-order valence-corrected chi connectivity index (χ2v) is 4.51. The fraction of sp³-hybridized carbons (Fsp3) is 0.538. The summed E-state index contributed by atoms with van der Waals surface area (Å²) in [6, 6.07) is 3.73. The quantitative estimate of drug-likeness (QED) is 0.757. The molecule has 1 aliphatic rings. The highest BCUT2D eigenvalue weighted by Gasteiger charge is 2.09. The summed E-state index contributed by atoms with van der Waals surface area (Å²) in [6.45, 7) is 5.49. The number of nitrogens with zero attached hydrogens (tertiary/aromatic N) is 3. The van der Waals surface area contributed by atoms with Gasteiger partial charge in [-0.15, -0.1) is 0 Å². The van der Waals surface area contributed by atoms with Crippen LogP contribution in [-0.4, -0.2) is 49.3 Å². The number of nitrogens with two attached hydrogens (primary N) is 1. The van der Waals surface area contributed by atoms with E-state index in [0.29, 0.717) is 17.1 Å². The first-order valence-electron chi connectivity index (χ1n) is 6.49. The molecule has 1 aliphatic heterocycles. The molecule has 102 valence electrons. The van der Waals surface area contributed by atoms with Crippen LogP contribution in [0.2, 0.25) is 0 Å². The van der Waals surface area contributed by atoms with E-state index in [0.717, 1.165) is 45.8 Å². The van der Waals surface area contributed by atoms with Gasteiger partial charge in [0.15, 0.2) is 0 Å². The molecule has 0 spiro atoms. The summed E-state index contributed by atoms with van der Waals surface area (Å²) in [4.78, 5) is 6.52. The van der Waals surface area contributed by atoms with Crippen molar-refractivity contribution in [3.05, 3.63) is 17.8 Å². The Labute approximate surface area is 113 Å². The van der Waals surface area contributed by atoms with Crippen LogP contribution in [-0.2, 0) is 4.74 Å². The van der Waals surface area contributed by atoms with Crippen LogP contribution in [0, 0.1) is 11.3 Å². The Morgan fingerprint density at radius 1 is 1.47 bits per heavy atom. The second-order valence-electron chi connectivity index (χ2n) is 4.51. The van der Waals surface area contributed by atoms with Crippen molar-refractivity contribution in [3.63, 3.8) is 0 Å². The van der Waals surface area contributed by atoms with Gasteiger partial charge in [-0.3, -0.25) is 4.90 Å². The Morgan fingerprint density at radius 3 is 3.00 bits per heavy atom. The second kappa shape index (κ2) is 6.92. The molecule has 6 heteroatoms. The number of nitrogens with one attached hydrogen (secondary N) is 1. The zero-order valence-electron chi connectivity index (χ0n) is 10.9. The maximum Gasteiger partial charge on any atom is 0.144 e. The molecule has 0 atom stereocenters. The van der Waals surface area contributed by atoms with E-state index >= 15 is 0 Å². The normalized spacial score (nSPS) is 15.9. The van der Waals surface area contributed by atoms with Gasteiger partial charge in [0, 0.05) is 19.6 Å². The van der Waals surface area contributed by atoms with Crippen LogP contribution < -0.4 is 11.1 Å². The minimum Gasteiger partial charge on any atom is -0.397 e. The Bertz CT molecular complexity index is 451. The Hall–Kier alpha value is -1.84. The predicted molar refractivity (Wildman–Crippen MR) is 73.7 cm³/mol. The first-order chi connectivity index (χ1) is 9.29. The summed E-state index contributed by atoms with van der Waals surface area (Å²) in [6.07, 6.45) is 2.57. The number of hydrogen-bond donors (Lipinski definition) is 2. The molecule has 0 saturated carbocycles. The average Bonchev–Trinajstić information content (AvgIpc) is 2.46. The molecule has 3 N–H and O–H groups in total. The topological polar surface area (TPSA) is 87.2 Å². The van der Waals surface area contributed by atoms with E-state index in [2.05, 4.69) is 21.3 Å². The van der Waals surface area contributed by atoms with E-state index in [9.17, 15) is 0 Å². The van der Waals surface area contributed by atoms with Crippen LogP contribution >= 0.6 is 0 Å². The fourth-order valence-corrected chi connectivity index (χ4v) is 2.04. The summed E-state index contributed by atoms with van der Waals surface area (Å²) >= 11 is 0. The number of morpholine rings is 1. The molecule has 19 heavy (non-hydrogen) atoms. The Morgan fingerprint density at radius 2 is 2.26 bits per heavy atom. The molecule has 6 nitrogen and oxygen atoms in total. The lowest BCUT2D eigenvalue weighted by atomic mass is 10.2. The van der Waals surface area contributed by atoms with E-state index < -0.39 is 0 Å². The number of rotatable bonds is 5. The Balaban J connectivity index is 1.75. The minimum absolute atomic E-state index is 0.492. The van der Waals surface area contributed by atoms with Gasteiger partial charge in [-0.2, -0.15) is 5.26 Å². The molecule has 0 aliphatic carbocycles. The molecule has 2 rings (SSSR count). The molecule has 0 amide bonds. The van der Waals surface area contributed by atoms with Gasteiger partial charge in [0.1, 0.15) is 11.9 Å². The lowest BCUT2D eigenvalue weighted by molar-refractivity contribution is 0.0378. The molecule has 1 aromatic rings. The van der Waals surface area contributed by atoms with Crippen LogP contribution in [0.25, 0.3) is 0 Å². The molecular weight excluding hydrogens is 242 g/mol. The molecular formula is C13H19N5O. The molecule has 1 saturated heterocycles. The van der Waals surface area contributed by atoms with Gasteiger partial charge in [-0.1, -0.05) is 0 Å². The van der Waals surface area contributed by atoms with Crippen molar-refractivity contribution in [3.8, 4) is 6.07 Å². The number of aromatic nitrogens is 1. The number of pyridine rings is 1. The number of hydrogen-bond acceptors (Lipinski definition) is 6. The first-order valence-corrected chi connectivity index (χ1v) is 6.49. The van der Waals surface area contributed by atoms with Gasteiger partial charge < -0.3 is 15.8 Å². The summed E-state index contributed by atoms with van der Waals surface area (Å²) in [7, 11) is 0. The SMILES string of the molecule is N#Cc1cc(N)cnc1NCCCN1CCOCC1. The maximum atomic E-state index is 9.00. The van der Waals surface area contributed by atoms with Crippen molar-refractivity contribution >= 4 is 11.5 Å². The predicted octanol–water partition coefficient (Wildman–Crippen LogP) is 0.670. The number of nitrogen functional groups attached to an aromatic ring is 1. The molecule has 0 radical (unpaired) electrons. The molecule has 1 aromatic heterocycles. The van der Waals surface area contributed by atoms with Crippen molar-refractivity contribution in [1.82, 2.24) is 9.88 Å². The minimum atomic E-state index is 0.492. The van der Waals surface area contributed by atoms with Crippen molar-refractivity contribution < 1.29 is 4.74 Å². The summed E-state index contributed by atoms with van der Waals surface area (Å²) < 4.78 is 5.30. The number of anilines is 2. The van der Waals surface area contributed by atoms with Crippen molar-refractivity contribution in [2.45, 2.75) is 6.42 Å². The zero-order chi connectivity index (χ0) is 13.5. The molecule has 0 aromatic carbocycles. The van der Waals surface area contributed by atoms with E-state index in [1.54, 1.807) is 12.3 Å².